The minimum Gasteiger partial charge on any atom is -0.411 e. The van der Waals surface area contributed by atoms with Crippen molar-refractivity contribution in [2.24, 2.45) is 11.1 Å². The molecule has 1 unspecified atom stereocenters. The maximum Gasteiger partial charge on any atom is 0.238 e. The Kier molecular flexibility index (Phi) is 5.12. The van der Waals surface area contributed by atoms with Crippen LogP contribution in [0.2, 0.25) is 0 Å². The Bertz CT molecular complexity index is 473. The van der Waals surface area contributed by atoms with E-state index < -0.39 is 0 Å². The van der Waals surface area contributed by atoms with Crippen LogP contribution in [-0.2, 0) is 4.79 Å². The van der Waals surface area contributed by atoms with Gasteiger partial charge in [0, 0.05) is 31.1 Å². The molecule has 108 valence electrons. The van der Waals surface area contributed by atoms with E-state index in [0.29, 0.717) is 6.54 Å². The lowest BCUT2D eigenvalue weighted by Gasteiger charge is -2.32. The molecule has 0 aromatic heterocycles. The minimum absolute atomic E-state index is 0.00422. The smallest absolute Gasteiger partial charge is 0.238 e. The highest BCUT2D eigenvalue weighted by atomic mass is 16.4. The molecule has 0 spiro atoms. The van der Waals surface area contributed by atoms with Crippen LogP contribution in [0.3, 0.4) is 0 Å². The van der Waals surface area contributed by atoms with E-state index in [1.807, 2.05) is 30.3 Å². The maximum atomic E-state index is 12.0. The first-order valence-corrected chi connectivity index (χ1v) is 7.01. The van der Waals surface area contributed by atoms with Gasteiger partial charge in [-0.1, -0.05) is 30.3 Å². The zero-order valence-electron chi connectivity index (χ0n) is 11.7. The first kappa shape index (κ1) is 14.5. The monoisotopic (exact) mass is 275 g/mol. The number of oxime groups is 1. The SMILES string of the molecule is CCC1CN(CC(=O)Nc2ccccc2)CC/C1=N\O. The van der Waals surface area contributed by atoms with Crippen molar-refractivity contribution >= 4 is 17.3 Å². The van der Waals surface area contributed by atoms with Gasteiger partial charge in [-0.05, 0) is 18.6 Å². The zero-order chi connectivity index (χ0) is 14.4. The van der Waals surface area contributed by atoms with Crippen molar-refractivity contribution in [3.05, 3.63) is 30.3 Å². The number of hydrogen-bond donors (Lipinski definition) is 2. The molecule has 1 aliphatic rings. The summed E-state index contributed by atoms with van der Waals surface area (Å²) in [5.41, 5.74) is 1.67. The van der Waals surface area contributed by atoms with E-state index in [9.17, 15) is 4.79 Å². The predicted octanol–water partition coefficient (Wildman–Crippen LogP) is 2.19. The third-order valence-corrected chi connectivity index (χ3v) is 3.68. The van der Waals surface area contributed by atoms with Crippen molar-refractivity contribution in [3.8, 4) is 0 Å². The molecule has 1 aromatic carbocycles. The van der Waals surface area contributed by atoms with Gasteiger partial charge in [0.05, 0.1) is 12.3 Å². The van der Waals surface area contributed by atoms with E-state index in [1.54, 1.807) is 0 Å². The molecule has 0 radical (unpaired) electrons. The molecule has 1 saturated heterocycles. The number of carbonyl (C=O) groups is 1. The molecule has 1 aliphatic heterocycles. The molecule has 0 saturated carbocycles. The summed E-state index contributed by atoms with van der Waals surface area (Å²) in [6.45, 7) is 3.99. The van der Waals surface area contributed by atoms with E-state index in [4.69, 9.17) is 5.21 Å². The van der Waals surface area contributed by atoms with E-state index in [1.165, 1.54) is 0 Å². The summed E-state index contributed by atoms with van der Waals surface area (Å²) < 4.78 is 0. The molecule has 1 fully saturated rings. The number of para-hydroxylation sites is 1. The van der Waals surface area contributed by atoms with Crippen LogP contribution in [0.15, 0.2) is 35.5 Å². The van der Waals surface area contributed by atoms with Crippen LogP contribution in [0.5, 0.6) is 0 Å². The molecule has 5 nitrogen and oxygen atoms in total. The molecular weight excluding hydrogens is 254 g/mol. The molecule has 0 aliphatic carbocycles. The first-order valence-electron chi connectivity index (χ1n) is 7.01. The lowest BCUT2D eigenvalue weighted by Crippen LogP contribution is -2.44. The summed E-state index contributed by atoms with van der Waals surface area (Å²) in [5.74, 6) is 0.244. The summed E-state index contributed by atoms with van der Waals surface area (Å²) in [4.78, 5) is 14.1. The van der Waals surface area contributed by atoms with Gasteiger partial charge >= 0.3 is 0 Å². The van der Waals surface area contributed by atoms with Crippen LogP contribution in [0.4, 0.5) is 5.69 Å². The molecule has 1 heterocycles. The van der Waals surface area contributed by atoms with Crippen LogP contribution in [0.25, 0.3) is 0 Å². The maximum absolute atomic E-state index is 12.0. The van der Waals surface area contributed by atoms with Gasteiger partial charge in [0.25, 0.3) is 0 Å². The lowest BCUT2D eigenvalue weighted by molar-refractivity contribution is -0.117. The average Bonchev–Trinajstić information content (AvgIpc) is 2.48. The van der Waals surface area contributed by atoms with E-state index >= 15 is 0 Å². The number of likely N-dealkylation sites (tertiary alicyclic amines) is 1. The number of rotatable bonds is 4. The number of hydrogen-bond acceptors (Lipinski definition) is 4. The third-order valence-electron chi connectivity index (χ3n) is 3.68. The molecule has 1 atom stereocenters. The van der Waals surface area contributed by atoms with Crippen molar-refractivity contribution in [1.29, 1.82) is 0 Å². The van der Waals surface area contributed by atoms with E-state index in [0.717, 1.165) is 37.3 Å². The highest BCUT2D eigenvalue weighted by Crippen LogP contribution is 2.17. The Balaban J connectivity index is 1.86. The van der Waals surface area contributed by atoms with Crippen LogP contribution in [-0.4, -0.2) is 41.4 Å². The van der Waals surface area contributed by atoms with Gasteiger partial charge in [-0.15, -0.1) is 0 Å². The highest BCUT2D eigenvalue weighted by molar-refractivity contribution is 5.92. The van der Waals surface area contributed by atoms with Crippen molar-refractivity contribution in [1.82, 2.24) is 4.90 Å². The van der Waals surface area contributed by atoms with E-state index in [-0.39, 0.29) is 11.8 Å². The Hall–Kier alpha value is -1.88. The number of carbonyl (C=O) groups excluding carboxylic acids is 1. The van der Waals surface area contributed by atoms with Crippen molar-refractivity contribution in [2.75, 3.05) is 25.0 Å². The Morgan fingerprint density at radius 3 is 2.85 bits per heavy atom. The molecule has 20 heavy (non-hydrogen) atoms. The van der Waals surface area contributed by atoms with Gasteiger partial charge in [0.2, 0.25) is 5.91 Å². The molecule has 2 N–H and O–H groups in total. The summed E-state index contributed by atoms with van der Waals surface area (Å²) in [6.07, 6.45) is 1.66. The Morgan fingerprint density at radius 1 is 1.45 bits per heavy atom. The fraction of sp³-hybridized carbons (Fsp3) is 0.467. The van der Waals surface area contributed by atoms with Crippen LogP contribution in [0.1, 0.15) is 19.8 Å². The van der Waals surface area contributed by atoms with Gasteiger partial charge < -0.3 is 10.5 Å². The number of amides is 1. The van der Waals surface area contributed by atoms with Gasteiger partial charge in [-0.2, -0.15) is 0 Å². The van der Waals surface area contributed by atoms with Crippen molar-refractivity contribution < 1.29 is 10.0 Å². The number of anilines is 1. The van der Waals surface area contributed by atoms with E-state index in [2.05, 4.69) is 22.3 Å². The van der Waals surface area contributed by atoms with Gasteiger partial charge in [-0.25, -0.2) is 0 Å². The summed E-state index contributed by atoms with van der Waals surface area (Å²) in [6, 6.07) is 9.46. The second-order valence-electron chi connectivity index (χ2n) is 5.10. The van der Waals surface area contributed by atoms with Gasteiger partial charge in [-0.3, -0.25) is 9.69 Å². The second-order valence-corrected chi connectivity index (χ2v) is 5.10. The van der Waals surface area contributed by atoms with Crippen LogP contribution >= 0.6 is 0 Å². The normalized spacial score (nSPS) is 21.9. The molecule has 1 amide bonds. The highest BCUT2D eigenvalue weighted by Gasteiger charge is 2.25. The fourth-order valence-corrected chi connectivity index (χ4v) is 2.55. The molecule has 2 rings (SSSR count). The average molecular weight is 275 g/mol. The Morgan fingerprint density at radius 2 is 2.20 bits per heavy atom. The van der Waals surface area contributed by atoms with Gasteiger partial charge in [0.15, 0.2) is 0 Å². The number of benzene rings is 1. The summed E-state index contributed by atoms with van der Waals surface area (Å²) in [5, 5.41) is 15.2. The van der Waals surface area contributed by atoms with Gasteiger partial charge in [0.1, 0.15) is 0 Å². The quantitative estimate of drug-likeness (QED) is 0.654. The largest absolute Gasteiger partial charge is 0.411 e. The number of piperidine rings is 1. The van der Waals surface area contributed by atoms with Crippen molar-refractivity contribution in [3.63, 3.8) is 0 Å². The minimum atomic E-state index is -0.00422. The molecule has 1 aromatic rings. The summed E-state index contributed by atoms with van der Waals surface area (Å²) in [7, 11) is 0. The first-order chi connectivity index (χ1) is 9.72. The zero-order valence-corrected chi connectivity index (χ0v) is 11.7. The standard InChI is InChI=1S/C15H21N3O2/c1-2-12-10-18(9-8-14(12)17-20)11-15(19)16-13-6-4-3-5-7-13/h3-7,12,20H,2,8-11H2,1H3,(H,16,19)/b17-14+. The summed E-state index contributed by atoms with van der Waals surface area (Å²) >= 11 is 0. The second kappa shape index (κ2) is 7.05. The number of nitrogens with zero attached hydrogens (tertiary/aromatic N) is 2. The third kappa shape index (κ3) is 3.81. The predicted molar refractivity (Wildman–Crippen MR) is 79.1 cm³/mol. The molecule has 0 bridgehead atoms. The number of nitrogens with one attached hydrogen (secondary N) is 1. The Labute approximate surface area is 119 Å². The lowest BCUT2D eigenvalue weighted by atomic mass is 9.93. The topological polar surface area (TPSA) is 64.9 Å². The fourth-order valence-electron chi connectivity index (χ4n) is 2.55. The molecular formula is C15H21N3O2. The molecule has 5 heteroatoms. The van der Waals surface area contributed by atoms with Crippen LogP contribution < -0.4 is 5.32 Å². The van der Waals surface area contributed by atoms with Crippen LogP contribution in [0, 0.1) is 5.92 Å². The van der Waals surface area contributed by atoms with Crippen molar-refractivity contribution in [2.45, 2.75) is 19.8 Å².